The van der Waals surface area contributed by atoms with Gasteiger partial charge >= 0.3 is 6.36 Å². The second-order valence-corrected chi connectivity index (χ2v) is 5.98. The molecule has 138 valence electrons. The van der Waals surface area contributed by atoms with Crippen molar-refractivity contribution in [1.82, 2.24) is 9.80 Å². The van der Waals surface area contributed by atoms with E-state index in [2.05, 4.69) is 10.1 Å². The summed E-state index contributed by atoms with van der Waals surface area (Å²) >= 11 is 0. The molecule has 1 heterocycles. The van der Waals surface area contributed by atoms with Gasteiger partial charge in [0.1, 0.15) is 5.75 Å². The van der Waals surface area contributed by atoms with Crippen LogP contribution in [0.15, 0.2) is 24.3 Å². The molecule has 0 radical (unpaired) electrons. The van der Waals surface area contributed by atoms with Gasteiger partial charge in [-0.05, 0) is 43.7 Å². The molecule has 0 spiro atoms. The first-order valence-electron chi connectivity index (χ1n) is 7.76. The zero-order valence-electron chi connectivity index (χ0n) is 14.0. The summed E-state index contributed by atoms with van der Waals surface area (Å²) in [5.41, 5.74) is 0.356. The number of carbonyl (C=O) groups is 2. The van der Waals surface area contributed by atoms with Crippen LogP contribution in [-0.2, 0) is 9.59 Å². The minimum Gasteiger partial charge on any atom is -0.406 e. The summed E-state index contributed by atoms with van der Waals surface area (Å²) in [6.45, 7) is 0.696. The van der Waals surface area contributed by atoms with Crippen LogP contribution in [0.4, 0.5) is 18.9 Å². The molecule has 1 N–H and O–H groups in total. The van der Waals surface area contributed by atoms with Gasteiger partial charge in [0.15, 0.2) is 0 Å². The van der Waals surface area contributed by atoms with Crippen molar-refractivity contribution in [2.75, 3.05) is 32.5 Å². The Hall–Kier alpha value is -2.29. The van der Waals surface area contributed by atoms with Gasteiger partial charge in [0.2, 0.25) is 11.8 Å². The summed E-state index contributed by atoms with van der Waals surface area (Å²) < 4.78 is 40.1. The van der Waals surface area contributed by atoms with Crippen molar-refractivity contribution < 1.29 is 27.5 Å². The van der Waals surface area contributed by atoms with Crippen molar-refractivity contribution >= 4 is 17.5 Å². The molecule has 1 aromatic carbocycles. The van der Waals surface area contributed by atoms with Gasteiger partial charge in [0.25, 0.3) is 0 Å². The third kappa shape index (κ3) is 5.63. The van der Waals surface area contributed by atoms with Crippen LogP contribution in [-0.4, -0.2) is 61.2 Å². The maximum atomic E-state index is 12.1. The van der Waals surface area contributed by atoms with Gasteiger partial charge in [-0.25, -0.2) is 0 Å². The molecule has 0 aromatic heterocycles. The lowest BCUT2D eigenvalue weighted by Crippen LogP contribution is -2.45. The van der Waals surface area contributed by atoms with Crippen molar-refractivity contribution in [2.24, 2.45) is 0 Å². The van der Waals surface area contributed by atoms with Gasteiger partial charge in [-0.3, -0.25) is 14.5 Å². The topological polar surface area (TPSA) is 61.9 Å². The number of halogens is 3. The number of amides is 2. The quantitative estimate of drug-likeness (QED) is 0.874. The standard InChI is InChI=1S/C16H20F3N3O3/c1-21(2)15(24)13-4-3-9-22(13)10-14(23)20-11-5-7-12(8-6-11)25-16(17,18)19/h5-8,13H,3-4,9-10H2,1-2H3,(H,20,23). The highest BCUT2D eigenvalue weighted by Gasteiger charge is 2.33. The van der Waals surface area contributed by atoms with E-state index in [0.29, 0.717) is 18.7 Å². The third-order valence-electron chi connectivity index (χ3n) is 3.81. The highest BCUT2D eigenvalue weighted by atomic mass is 19.4. The number of hydrogen-bond donors (Lipinski definition) is 1. The van der Waals surface area contributed by atoms with E-state index in [4.69, 9.17) is 0 Å². The van der Waals surface area contributed by atoms with Crippen LogP contribution in [0.5, 0.6) is 5.75 Å². The number of nitrogens with zero attached hydrogens (tertiary/aromatic N) is 2. The van der Waals surface area contributed by atoms with Crippen LogP contribution >= 0.6 is 0 Å². The molecule has 0 bridgehead atoms. The molecule has 1 fully saturated rings. The van der Waals surface area contributed by atoms with Gasteiger partial charge in [-0.2, -0.15) is 0 Å². The van der Waals surface area contributed by atoms with E-state index in [1.54, 1.807) is 19.0 Å². The predicted molar refractivity (Wildman–Crippen MR) is 85.0 cm³/mol. The summed E-state index contributed by atoms with van der Waals surface area (Å²) in [7, 11) is 3.34. The molecule has 6 nitrogen and oxygen atoms in total. The predicted octanol–water partition coefficient (Wildman–Crippen LogP) is 2.08. The molecule has 2 rings (SSSR count). The highest BCUT2D eigenvalue weighted by Crippen LogP contribution is 2.24. The Balaban J connectivity index is 1.90. The fourth-order valence-electron chi connectivity index (χ4n) is 2.72. The number of likely N-dealkylation sites (tertiary alicyclic amines) is 1. The molecule has 1 saturated heterocycles. The van der Waals surface area contributed by atoms with Crippen LogP contribution in [0.1, 0.15) is 12.8 Å². The molecule has 9 heteroatoms. The minimum atomic E-state index is -4.76. The van der Waals surface area contributed by atoms with Crippen LogP contribution in [0.25, 0.3) is 0 Å². The molecule has 2 amide bonds. The van der Waals surface area contributed by atoms with E-state index >= 15 is 0 Å². The molecule has 0 saturated carbocycles. The average Bonchev–Trinajstić information content (AvgIpc) is 2.94. The van der Waals surface area contributed by atoms with E-state index in [1.165, 1.54) is 17.0 Å². The maximum Gasteiger partial charge on any atom is 0.573 e. The Kier molecular flexibility index (Phi) is 5.89. The summed E-state index contributed by atoms with van der Waals surface area (Å²) in [5.74, 6) is -0.733. The van der Waals surface area contributed by atoms with Gasteiger partial charge in [0.05, 0.1) is 12.6 Å². The highest BCUT2D eigenvalue weighted by molar-refractivity contribution is 5.93. The molecule has 25 heavy (non-hydrogen) atoms. The van der Waals surface area contributed by atoms with Gasteiger partial charge < -0.3 is 15.0 Å². The number of hydrogen-bond acceptors (Lipinski definition) is 4. The smallest absolute Gasteiger partial charge is 0.406 e. The van der Waals surface area contributed by atoms with Crippen molar-refractivity contribution in [3.05, 3.63) is 24.3 Å². The molecule has 1 aromatic rings. The Morgan fingerprint density at radius 1 is 1.28 bits per heavy atom. The number of benzene rings is 1. The summed E-state index contributed by atoms with van der Waals surface area (Å²) in [5, 5.41) is 2.61. The Labute approximate surface area is 143 Å². The first kappa shape index (κ1) is 19.0. The Morgan fingerprint density at radius 3 is 2.48 bits per heavy atom. The van der Waals surface area contributed by atoms with E-state index in [0.717, 1.165) is 18.6 Å². The molecule has 1 aliphatic heterocycles. The fraction of sp³-hybridized carbons (Fsp3) is 0.500. The first-order chi connectivity index (χ1) is 11.7. The van der Waals surface area contributed by atoms with Crippen LogP contribution in [0.2, 0.25) is 0 Å². The second kappa shape index (κ2) is 7.73. The summed E-state index contributed by atoms with van der Waals surface area (Å²) in [4.78, 5) is 27.5. The molecular formula is C16H20F3N3O3. The molecule has 0 aliphatic carbocycles. The van der Waals surface area contributed by atoms with Crippen molar-refractivity contribution in [2.45, 2.75) is 25.2 Å². The number of anilines is 1. The SMILES string of the molecule is CN(C)C(=O)C1CCCN1CC(=O)Nc1ccc(OC(F)(F)F)cc1. The van der Waals surface area contributed by atoms with Crippen molar-refractivity contribution in [3.8, 4) is 5.75 Å². The second-order valence-electron chi connectivity index (χ2n) is 5.98. The maximum absolute atomic E-state index is 12.1. The van der Waals surface area contributed by atoms with Crippen molar-refractivity contribution in [3.63, 3.8) is 0 Å². The van der Waals surface area contributed by atoms with Crippen molar-refractivity contribution in [1.29, 1.82) is 0 Å². The number of alkyl halides is 3. The summed E-state index contributed by atoms with van der Waals surface area (Å²) in [6.07, 6.45) is -3.22. The van der Waals surface area contributed by atoms with Crippen LogP contribution in [0.3, 0.4) is 0 Å². The number of likely N-dealkylation sites (N-methyl/N-ethyl adjacent to an activating group) is 1. The van der Waals surface area contributed by atoms with Gasteiger partial charge in [0, 0.05) is 19.8 Å². The van der Waals surface area contributed by atoms with E-state index in [9.17, 15) is 22.8 Å². The molecule has 1 atom stereocenters. The number of rotatable bonds is 5. The zero-order chi connectivity index (χ0) is 18.6. The first-order valence-corrected chi connectivity index (χ1v) is 7.76. The normalized spacial score (nSPS) is 18.0. The van der Waals surface area contributed by atoms with Gasteiger partial charge in [-0.1, -0.05) is 0 Å². The monoisotopic (exact) mass is 359 g/mol. The summed E-state index contributed by atoms with van der Waals surface area (Å²) in [6, 6.07) is 4.58. The van der Waals surface area contributed by atoms with E-state index < -0.39 is 6.36 Å². The number of nitrogens with one attached hydrogen (secondary N) is 1. The average molecular weight is 359 g/mol. The molecule has 1 aliphatic rings. The Bertz CT molecular complexity index is 617. The molecule has 1 unspecified atom stereocenters. The Morgan fingerprint density at radius 2 is 1.92 bits per heavy atom. The number of ether oxygens (including phenoxy) is 1. The minimum absolute atomic E-state index is 0.0426. The molecular weight excluding hydrogens is 339 g/mol. The number of carbonyl (C=O) groups excluding carboxylic acids is 2. The van der Waals surface area contributed by atoms with E-state index in [1.807, 2.05) is 0 Å². The lowest BCUT2D eigenvalue weighted by molar-refractivity contribution is -0.274. The van der Waals surface area contributed by atoms with E-state index in [-0.39, 0.29) is 30.2 Å². The largest absolute Gasteiger partial charge is 0.573 e. The zero-order valence-corrected chi connectivity index (χ0v) is 14.0. The fourth-order valence-corrected chi connectivity index (χ4v) is 2.72. The van der Waals surface area contributed by atoms with Gasteiger partial charge in [-0.15, -0.1) is 13.2 Å². The third-order valence-corrected chi connectivity index (χ3v) is 3.81. The van der Waals surface area contributed by atoms with Crippen LogP contribution < -0.4 is 10.1 Å². The lowest BCUT2D eigenvalue weighted by atomic mass is 10.2. The lowest BCUT2D eigenvalue weighted by Gasteiger charge is -2.25. The van der Waals surface area contributed by atoms with Crippen LogP contribution in [0, 0.1) is 0 Å².